The molecule has 1 aliphatic rings. The Morgan fingerprint density at radius 3 is 2.73 bits per heavy atom. The van der Waals surface area contributed by atoms with Crippen molar-refractivity contribution in [3.8, 4) is 5.75 Å². The molecule has 0 atom stereocenters. The van der Waals surface area contributed by atoms with E-state index in [0.29, 0.717) is 0 Å². The molecule has 0 aromatic heterocycles. The lowest BCUT2D eigenvalue weighted by molar-refractivity contribution is 0.252. The van der Waals surface area contributed by atoms with Crippen LogP contribution in [0.25, 0.3) is 0 Å². The van der Waals surface area contributed by atoms with Crippen LogP contribution in [0.4, 0.5) is 0 Å². The van der Waals surface area contributed by atoms with Gasteiger partial charge in [-0.2, -0.15) is 0 Å². The summed E-state index contributed by atoms with van der Waals surface area (Å²) in [6.07, 6.45) is 5.35. The molecule has 0 heterocycles. The normalized spacial score (nSPS) is 16.9. The quantitative estimate of drug-likeness (QED) is 0.785. The molecule has 1 aliphatic carbocycles. The van der Waals surface area contributed by atoms with Crippen LogP contribution in [-0.2, 0) is 0 Å². The number of halogens is 2. The van der Waals surface area contributed by atoms with Gasteiger partial charge in [-0.25, -0.2) is 0 Å². The van der Waals surface area contributed by atoms with Crippen LogP contribution in [0, 0.1) is 5.92 Å². The highest BCUT2D eigenvalue weighted by Gasteiger charge is 2.15. The van der Waals surface area contributed by atoms with E-state index in [4.69, 9.17) is 16.3 Å². The van der Waals surface area contributed by atoms with Crippen LogP contribution >= 0.6 is 27.5 Å². The first kappa shape index (κ1) is 11.3. The average Bonchev–Trinajstić information content (AvgIpc) is 2.73. The van der Waals surface area contributed by atoms with E-state index in [9.17, 15) is 0 Å². The van der Waals surface area contributed by atoms with Crippen molar-refractivity contribution in [1.29, 1.82) is 0 Å². The molecule has 1 aromatic carbocycles. The maximum Gasteiger partial charge on any atom is 0.120 e. The third-order valence-electron chi connectivity index (χ3n) is 2.85. The molecule has 3 heteroatoms. The molecule has 1 aromatic rings. The van der Waals surface area contributed by atoms with Gasteiger partial charge in [0.2, 0.25) is 0 Å². The second-order valence-electron chi connectivity index (χ2n) is 4.04. The maximum atomic E-state index is 5.91. The minimum Gasteiger partial charge on any atom is -0.493 e. The molecule has 0 aliphatic heterocycles. The number of hydrogen-bond acceptors (Lipinski definition) is 1. The molecule has 1 fully saturated rings. The summed E-state index contributed by atoms with van der Waals surface area (Å²) in [6, 6.07) is 5.70. The second kappa shape index (κ2) is 5.22. The Bertz CT molecular complexity index is 334. The molecule has 0 N–H and O–H groups in total. The lowest BCUT2D eigenvalue weighted by Gasteiger charge is -2.11. The van der Waals surface area contributed by atoms with Crippen LogP contribution in [0.15, 0.2) is 22.7 Å². The van der Waals surface area contributed by atoms with Gasteiger partial charge in [-0.1, -0.05) is 24.4 Å². The van der Waals surface area contributed by atoms with E-state index in [-0.39, 0.29) is 0 Å². The Morgan fingerprint density at radius 1 is 1.33 bits per heavy atom. The lowest BCUT2D eigenvalue weighted by Crippen LogP contribution is -2.07. The van der Waals surface area contributed by atoms with Crippen molar-refractivity contribution in [1.82, 2.24) is 0 Å². The molecule has 82 valence electrons. The summed E-state index contributed by atoms with van der Waals surface area (Å²) >= 11 is 9.29. The molecular formula is C12H14BrClO. The molecule has 0 bridgehead atoms. The summed E-state index contributed by atoms with van der Waals surface area (Å²) in [7, 11) is 0. The Hall–Kier alpha value is -0.210. The largest absolute Gasteiger partial charge is 0.493 e. The van der Waals surface area contributed by atoms with Crippen molar-refractivity contribution in [2.45, 2.75) is 25.7 Å². The van der Waals surface area contributed by atoms with Crippen LogP contribution in [0.2, 0.25) is 5.02 Å². The zero-order valence-electron chi connectivity index (χ0n) is 8.51. The van der Waals surface area contributed by atoms with Crippen molar-refractivity contribution in [3.63, 3.8) is 0 Å². The van der Waals surface area contributed by atoms with Gasteiger partial charge >= 0.3 is 0 Å². The van der Waals surface area contributed by atoms with Crippen LogP contribution in [0.3, 0.4) is 0 Å². The van der Waals surface area contributed by atoms with Gasteiger partial charge < -0.3 is 4.74 Å². The first-order valence-electron chi connectivity index (χ1n) is 5.33. The Kier molecular flexibility index (Phi) is 3.92. The number of benzene rings is 1. The molecule has 1 nitrogen and oxygen atoms in total. The van der Waals surface area contributed by atoms with Crippen LogP contribution in [0.1, 0.15) is 25.7 Å². The van der Waals surface area contributed by atoms with Crippen LogP contribution < -0.4 is 4.74 Å². The molecule has 1 saturated carbocycles. The van der Waals surface area contributed by atoms with Crippen molar-refractivity contribution in [2.75, 3.05) is 6.61 Å². The Morgan fingerprint density at radius 2 is 2.07 bits per heavy atom. The average molecular weight is 290 g/mol. The minimum atomic E-state index is 0.725. The van der Waals surface area contributed by atoms with Gasteiger partial charge in [0.05, 0.1) is 11.6 Å². The Balaban J connectivity index is 1.90. The molecule has 15 heavy (non-hydrogen) atoms. The highest BCUT2D eigenvalue weighted by molar-refractivity contribution is 9.10. The highest BCUT2D eigenvalue weighted by atomic mass is 79.9. The second-order valence-corrected chi connectivity index (χ2v) is 5.30. The monoisotopic (exact) mass is 288 g/mol. The van der Waals surface area contributed by atoms with E-state index in [1.165, 1.54) is 25.7 Å². The van der Waals surface area contributed by atoms with Gasteiger partial charge in [0, 0.05) is 4.47 Å². The van der Waals surface area contributed by atoms with Gasteiger partial charge in [-0.15, -0.1) is 0 Å². The topological polar surface area (TPSA) is 9.23 Å². The van der Waals surface area contributed by atoms with Gasteiger partial charge in [0.1, 0.15) is 5.75 Å². The fraction of sp³-hybridized carbons (Fsp3) is 0.500. The zero-order chi connectivity index (χ0) is 10.7. The van der Waals surface area contributed by atoms with E-state index in [1.807, 2.05) is 18.2 Å². The van der Waals surface area contributed by atoms with E-state index >= 15 is 0 Å². The summed E-state index contributed by atoms with van der Waals surface area (Å²) in [4.78, 5) is 0. The van der Waals surface area contributed by atoms with Crippen molar-refractivity contribution in [2.24, 2.45) is 5.92 Å². The van der Waals surface area contributed by atoms with E-state index in [2.05, 4.69) is 15.9 Å². The van der Waals surface area contributed by atoms with Crippen LogP contribution in [-0.4, -0.2) is 6.61 Å². The Labute approximate surface area is 104 Å². The molecule has 0 amide bonds. The highest BCUT2D eigenvalue weighted by Crippen LogP contribution is 2.29. The van der Waals surface area contributed by atoms with E-state index in [1.54, 1.807) is 0 Å². The predicted octanol–water partition coefficient (Wildman–Crippen LogP) is 4.67. The van der Waals surface area contributed by atoms with Gasteiger partial charge in [-0.05, 0) is 52.9 Å². The smallest absolute Gasteiger partial charge is 0.120 e. The number of ether oxygens (including phenoxy) is 1. The number of hydrogen-bond donors (Lipinski definition) is 0. The van der Waals surface area contributed by atoms with Crippen LogP contribution in [0.5, 0.6) is 5.75 Å². The third-order valence-corrected chi connectivity index (χ3v) is 4.07. The summed E-state index contributed by atoms with van der Waals surface area (Å²) in [5, 5.41) is 0.725. The molecule has 0 saturated heterocycles. The summed E-state index contributed by atoms with van der Waals surface area (Å²) in [5.74, 6) is 1.65. The first-order valence-corrected chi connectivity index (χ1v) is 6.50. The van der Waals surface area contributed by atoms with Crippen molar-refractivity contribution >= 4 is 27.5 Å². The maximum absolute atomic E-state index is 5.91. The molecule has 0 spiro atoms. The molecule has 2 rings (SSSR count). The van der Waals surface area contributed by atoms with Crippen molar-refractivity contribution in [3.05, 3.63) is 27.7 Å². The fourth-order valence-corrected chi connectivity index (χ4v) is 2.43. The van der Waals surface area contributed by atoms with Gasteiger partial charge in [0.15, 0.2) is 0 Å². The molecule has 0 unspecified atom stereocenters. The van der Waals surface area contributed by atoms with E-state index < -0.39 is 0 Å². The van der Waals surface area contributed by atoms with Gasteiger partial charge in [0.25, 0.3) is 0 Å². The van der Waals surface area contributed by atoms with E-state index in [0.717, 1.165) is 27.8 Å². The predicted molar refractivity (Wildman–Crippen MR) is 66.6 cm³/mol. The SMILES string of the molecule is Clc1ccc(OCC2CCCC2)cc1Br. The lowest BCUT2D eigenvalue weighted by atomic mass is 10.1. The summed E-state index contributed by atoms with van der Waals surface area (Å²) in [6.45, 7) is 0.841. The summed E-state index contributed by atoms with van der Waals surface area (Å²) < 4.78 is 6.63. The minimum absolute atomic E-state index is 0.725. The molecular weight excluding hydrogens is 275 g/mol. The molecule has 0 radical (unpaired) electrons. The van der Waals surface area contributed by atoms with Gasteiger partial charge in [-0.3, -0.25) is 0 Å². The fourth-order valence-electron chi connectivity index (χ4n) is 1.96. The van der Waals surface area contributed by atoms with Crippen molar-refractivity contribution < 1.29 is 4.74 Å². The number of rotatable bonds is 3. The first-order chi connectivity index (χ1) is 7.25. The third kappa shape index (κ3) is 3.12. The summed E-state index contributed by atoms with van der Waals surface area (Å²) in [5.41, 5.74) is 0. The standard InChI is InChI=1S/C12H14BrClO/c13-11-7-10(5-6-12(11)14)15-8-9-3-1-2-4-9/h5-7,9H,1-4,8H2. The zero-order valence-corrected chi connectivity index (χ0v) is 10.9.